The van der Waals surface area contributed by atoms with E-state index in [0.29, 0.717) is 31.4 Å². The van der Waals surface area contributed by atoms with Crippen LogP contribution >= 0.6 is 22.9 Å². The zero-order valence-corrected chi connectivity index (χ0v) is 19.5. The van der Waals surface area contributed by atoms with Crippen molar-refractivity contribution in [1.29, 1.82) is 0 Å². The van der Waals surface area contributed by atoms with E-state index in [4.69, 9.17) is 16.3 Å². The van der Waals surface area contributed by atoms with Gasteiger partial charge in [-0.05, 0) is 68.9 Å². The number of fused-ring (bicyclic) bond motifs is 1. The van der Waals surface area contributed by atoms with Crippen molar-refractivity contribution in [1.82, 2.24) is 9.55 Å². The largest absolute Gasteiger partial charge is 0.458 e. The van der Waals surface area contributed by atoms with E-state index in [2.05, 4.69) is 10.3 Å². The Morgan fingerprint density at radius 2 is 2.00 bits per heavy atom. The Labute approximate surface area is 194 Å². The summed E-state index contributed by atoms with van der Waals surface area (Å²) in [6.07, 6.45) is 6.33. The van der Waals surface area contributed by atoms with Crippen LogP contribution in [0.1, 0.15) is 52.9 Å². The third kappa shape index (κ3) is 4.71. The summed E-state index contributed by atoms with van der Waals surface area (Å²) < 4.78 is 6.92. The van der Waals surface area contributed by atoms with Crippen molar-refractivity contribution in [3.8, 4) is 0 Å². The number of rotatable bonds is 5. The van der Waals surface area contributed by atoms with Gasteiger partial charge in [-0.25, -0.2) is 9.78 Å². The van der Waals surface area contributed by atoms with E-state index in [0.717, 1.165) is 42.6 Å². The quantitative estimate of drug-likeness (QED) is 0.534. The molecule has 0 saturated heterocycles. The molecule has 1 fully saturated rings. The zero-order valence-electron chi connectivity index (χ0n) is 17.9. The number of benzene rings is 1. The zero-order chi connectivity index (χ0) is 22.8. The first-order valence-electron chi connectivity index (χ1n) is 10.6. The number of ether oxygens (including phenoxy) is 1. The van der Waals surface area contributed by atoms with Crippen LogP contribution in [0, 0.1) is 13.8 Å². The maximum atomic E-state index is 13.1. The van der Waals surface area contributed by atoms with Crippen LogP contribution in [-0.4, -0.2) is 27.5 Å². The number of thiophene rings is 1. The molecular formula is C23H24ClN3O4S. The normalized spacial score (nSPS) is 14.5. The van der Waals surface area contributed by atoms with Crippen LogP contribution in [0.2, 0.25) is 5.02 Å². The van der Waals surface area contributed by atoms with Crippen LogP contribution in [0.3, 0.4) is 0 Å². The minimum absolute atomic E-state index is 0.0644. The summed E-state index contributed by atoms with van der Waals surface area (Å²) in [5, 5.41) is 3.72. The van der Waals surface area contributed by atoms with Crippen molar-refractivity contribution >= 4 is 50.7 Å². The summed E-state index contributed by atoms with van der Waals surface area (Å²) >= 11 is 7.11. The standard InChI is InChI=1S/C23H24ClN3O4S/c1-13-10-15(24)8-9-17(13)26-18(28)11-27-12-25-21-19(22(27)29)14(2)20(32-21)23(30)31-16-6-4-3-5-7-16/h8-10,12,16H,3-7,11H2,1-2H3,(H,26,28). The smallest absolute Gasteiger partial charge is 0.348 e. The van der Waals surface area contributed by atoms with Crippen molar-refractivity contribution < 1.29 is 14.3 Å². The number of anilines is 1. The Morgan fingerprint density at radius 1 is 1.25 bits per heavy atom. The number of carbonyl (C=O) groups excluding carboxylic acids is 2. The number of nitrogens with zero attached hydrogens (tertiary/aromatic N) is 2. The first kappa shape index (κ1) is 22.5. The lowest BCUT2D eigenvalue weighted by Gasteiger charge is -2.21. The molecule has 0 bridgehead atoms. The third-order valence-corrected chi connectivity index (χ3v) is 7.12. The van der Waals surface area contributed by atoms with E-state index in [1.165, 1.54) is 17.3 Å². The first-order valence-corrected chi connectivity index (χ1v) is 11.8. The van der Waals surface area contributed by atoms with Crippen LogP contribution in [0.15, 0.2) is 29.3 Å². The van der Waals surface area contributed by atoms with Crippen molar-refractivity contribution in [2.24, 2.45) is 0 Å². The van der Waals surface area contributed by atoms with E-state index in [-0.39, 0.29) is 24.1 Å². The van der Waals surface area contributed by atoms with Gasteiger partial charge in [0.15, 0.2) is 0 Å². The number of amides is 1. The lowest BCUT2D eigenvalue weighted by molar-refractivity contribution is -0.116. The number of carbonyl (C=O) groups is 2. The Bertz CT molecular complexity index is 1240. The van der Waals surface area contributed by atoms with Crippen LogP contribution in [-0.2, 0) is 16.1 Å². The first-order chi connectivity index (χ1) is 15.3. The van der Waals surface area contributed by atoms with Gasteiger partial charge in [0.2, 0.25) is 5.91 Å². The summed E-state index contributed by atoms with van der Waals surface area (Å²) in [6, 6.07) is 5.15. The van der Waals surface area contributed by atoms with Gasteiger partial charge < -0.3 is 10.1 Å². The molecule has 0 atom stereocenters. The molecule has 3 aromatic rings. The number of hydrogen-bond acceptors (Lipinski definition) is 6. The van der Waals surface area contributed by atoms with Crippen LogP contribution < -0.4 is 10.9 Å². The highest BCUT2D eigenvalue weighted by Gasteiger charge is 2.24. The van der Waals surface area contributed by atoms with Gasteiger partial charge in [0.05, 0.1) is 11.7 Å². The molecule has 32 heavy (non-hydrogen) atoms. The Hall–Kier alpha value is -2.71. The molecule has 168 valence electrons. The van der Waals surface area contributed by atoms with Gasteiger partial charge in [-0.3, -0.25) is 14.2 Å². The molecule has 2 heterocycles. The van der Waals surface area contributed by atoms with E-state index in [1.54, 1.807) is 25.1 Å². The Kier molecular flexibility index (Phi) is 6.62. The van der Waals surface area contributed by atoms with E-state index in [9.17, 15) is 14.4 Å². The monoisotopic (exact) mass is 473 g/mol. The summed E-state index contributed by atoms with van der Waals surface area (Å²) in [6.45, 7) is 3.37. The van der Waals surface area contributed by atoms with E-state index < -0.39 is 5.97 Å². The number of nitrogens with one attached hydrogen (secondary N) is 1. The molecule has 9 heteroatoms. The molecule has 1 aromatic carbocycles. The van der Waals surface area contributed by atoms with Gasteiger partial charge in [-0.1, -0.05) is 18.0 Å². The average molecular weight is 474 g/mol. The molecule has 1 amide bonds. The van der Waals surface area contributed by atoms with Gasteiger partial charge in [0, 0.05) is 10.7 Å². The lowest BCUT2D eigenvalue weighted by Crippen LogP contribution is -2.28. The fraction of sp³-hybridized carbons (Fsp3) is 0.391. The van der Waals surface area contributed by atoms with Gasteiger partial charge >= 0.3 is 5.97 Å². The highest BCUT2D eigenvalue weighted by molar-refractivity contribution is 7.20. The van der Waals surface area contributed by atoms with E-state index >= 15 is 0 Å². The molecule has 0 radical (unpaired) electrons. The molecule has 0 spiro atoms. The van der Waals surface area contributed by atoms with Gasteiger partial charge in [0.1, 0.15) is 22.4 Å². The number of halogens is 1. The molecule has 4 rings (SSSR count). The lowest BCUT2D eigenvalue weighted by atomic mass is 9.98. The molecule has 1 aliphatic carbocycles. The van der Waals surface area contributed by atoms with Crippen LogP contribution in [0.5, 0.6) is 0 Å². The van der Waals surface area contributed by atoms with Crippen molar-refractivity contribution in [2.45, 2.75) is 58.6 Å². The highest BCUT2D eigenvalue weighted by atomic mass is 35.5. The predicted octanol–water partition coefficient (Wildman–Crippen LogP) is 4.86. The van der Waals surface area contributed by atoms with Gasteiger partial charge in [-0.15, -0.1) is 11.3 Å². The fourth-order valence-electron chi connectivity index (χ4n) is 3.97. The molecule has 1 N–H and O–H groups in total. The van der Waals surface area contributed by atoms with Crippen LogP contribution in [0.4, 0.5) is 5.69 Å². The van der Waals surface area contributed by atoms with Gasteiger partial charge in [-0.2, -0.15) is 0 Å². The third-order valence-electron chi connectivity index (χ3n) is 5.71. The SMILES string of the molecule is Cc1cc(Cl)ccc1NC(=O)Cn1cnc2sc(C(=O)OC3CCCCC3)c(C)c2c1=O. The second-order valence-corrected chi connectivity index (χ2v) is 9.52. The van der Waals surface area contributed by atoms with E-state index in [1.807, 2.05) is 6.92 Å². The number of aromatic nitrogens is 2. The molecule has 2 aromatic heterocycles. The summed E-state index contributed by atoms with van der Waals surface area (Å²) in [5.41, 5.74) is 1.64. The molecule has 0 aliphatic heterocycles. The summed E-state index contributed by atoms with van der Waals surface area (Å²) in [5.74, 6) is -0.761. The second kappa shape index (κ2) is 9.42. The number of aryl methyl sites for hydroxylation is 2. The minimum Gasteiger partial charge on any atom is -0.458 e. The Balaban J connectivity index is 1.54. The molecule has 0 unspecified atom stereocenters. The number of hydrogen-bond donors (Lipinski definition) is 1. The maximum absolute atomic E-state index is 13.1. The predicted molar refractivity (Wildman–Crippen MR) is 126 cm³/mol. The summed E-state index contributed by atoms with van der Waals surface area (Å²) in [4.78, 5) is 43.5. The Morgan fingerprint density at radius 3 is 2.72 bits per heavy atom. The second-order valence-electron chi connectivity index (χ2n) is 8.09. The molecule has 1 saturated carbocycles. The number of esters is 1. The maximum Gasteiger partial charge on any atom is 0.348 e. The molecular weight excluding hydrogens is 450 g/mol. The topological polar surface area (TPSA) is 90.3 Å². The average Bonchev–Trinajstić information content (AvgIpc) is 3.10. The summed E-state index contributed by atoms with van der Waals surface area (Å²) in [7, 11) is 0. The molecule has 1 aliphatic rings. The van der Waals surface area contributed by atoms with Crippen LogP contribution in [0.25, 0.3) is 10.2 Å². The van der Waals surface area contributed by atoms with Crippen molar-refractivity contribution in [2.75, 3.05) is 5.32 Å². The highest BCUT2D eigenvalue weighted by Crippen LogP contribution is 2.29. The van der Waals surface area contributed by atoms with Crippen molar-refractivity contribution in [3.63, 3.8) is 0 Å². The minimum atomic E-state index is -0.403. The fourth-order valence-corrected chi connectivity index (χ4v) is 5.22. The van der Waals surface area contributed by atoms with Gasteiger partial charge in [0.25, 0.3) is 5.56 Å². The van der Waals surface area contributed by atoms with Crippen molar-refractivity contribution in [3.05, 3.63) is 55.9 Å². The molecule has 7 nitrogen and oxygen atoms in total.